The zero-order valence-electron chi connectivity index (χ0n) is 13.8. The minimum Gasteiger partial charge on any atom is -0.491 e. The van der Waals surface area contributed by atoms with E-state index in [1.54, 1.807) is 6.33 Å². The summed E-state index contributed by atoms with van der Waals surface area (Å²) >= 11 is 0. The molecular weight excluding hydrogens is 288 g/mol. The van der Waals surface area contributed by atoms with Gasteiger partial charge in [-0.05, 0) is 38.4 Å². The Morgan fingerprint density at radius 1 is 1.22 bits per heavy atom. The van der Waals surface area contributed by atoms with Crippen molar-refractivity contribution in [1.82, 2.24) is 15.3 Å². The molecule has 23 heavy (non-hydrogen) atoms. The molecule has 0 fully saturated rings. The highest BCUT2D eigenvalue weighted by atomic mass is 16.5. The average molecular weight is 312 g/mol. The summed E-state index contributed by atoms with van der Waals surface area (Å²) < 4.78 is 5.92. The highest BCUT2D eigenvalue weighted by Gasteiger charge is 2.15. The Morgan fingerprint density at radius 3 is 2.91 bits per heavy atom. The van der Waals surface area contributed by atoms with Gasteiger partial charge in [0.1, 0.15) is 24.5 Å². The third-order valence-electron chi connectivity index (χ3n) is 4.09. The van der Waals surface area contributed by atoms with E-state index in [0.717, 1.165) is 48.8 Å². The molecule has 0 unspecified atom stereocenters. The predicted octanol–water partition coefficient (Wildman–Crippen LogP) is 2.35. The summed E-state index contributed by atoms with van der Waals surface area (Å²) in [5.41, 5.74) is 3.54. The van der Waals surface area contributed by atoms with E-state index in [1.807, 2.05) is 18.2 Å². The minimum atomic E-state index is 0.171. The van der Waals surface area contributed by atoms with Crippen molar-refractivity contribution < 1.29 is 4.74 Å². The van der Waals surface area contributed by atoms with Crippen LogP contribution < -0.4 is 15.4 Å². The standard InChI is InChI=1S/C18H24N4O/c1-13-5-3-4-6-17(13)23-11-14(2)22-18-15-7-9-19-10-8-16(15)20-12-21-18/h3-6,12,14,19H,7-11H2,1-2H3,(H,20,21,22)/t14-/m1/s1. The van der Waals surface area contributed by atoms with Crippen molar-refractivity contribution in [2.75, 3.05) is 25.0 Å². The van der Waals surface area contributed by atoms with E-state index in [4.69, 9.17) is 4.74 Å². The molecule has 0 saturated heterocycles. The van der Waals surface area contributed by atoms with Crippen LogP contribution in [0, 0.1) is 6.92 Å². The molecule has 2 N–H and O–H groups in total. The molecular formula is C18H24N4O. The van der Waals surface area contributed by atoms with Crippen LogP contribution in [0.4, 0.5) is 5.82 Å². The normalized spacial score (nSPS) is 15.4. The molecule has 1 aliphatic heterocycles. The molecule has 2 heterocycles. The number of rotatable bonds is 5. The van der Waals surface area contributed by atoms with Gasteiger partial charge in [0.2, 0.25) is 0 Å². The average Bonchev–Trinajstić information content (AvgIpc) is 2.80. The first-order valence-corrected chi connectivity index (χ1v) is 8.22. The molecule has 0 radical (unpaired) electrons. The molecule has 122 valence electrons. The number of para-hydroxylation sites is 1. The maximum Gasteiger partial charge on any atom is 0.133 e. The zero-order valence-corrected chi connectivity index (χ0v) is 13.8. The predicted molar refractivity (Wildman–Crippen MR) is 92.1 cm³/mol. The molecule has 5 heteroatoms. The fourth-order valence-corrected chi connectivity index (χ4v) is 2.80. The molecule has 3 rings (SSSR count). The number of nitrogens with zero attached hydrogens (tertiary/aromatic N) is 2. The first kappa shape index (κ1) is 15.7. The van der Waals surface area contributed by atoms with E-state index in [-0.39, 0.29) is 6.04 Å². The van der Waals surface area contributed by atoms with Gasteiger partial charge in [-0.3, -0.25) is 0 Å². The zero-order chi connectivity index (χ0) is 16.1. The highest BCUT2D eigenvalue weighted by Crippen LogP contribution is 2.20. The molecule has 1 aromatic heterocycles. The third kappa shape index (κ3) is 3.99. The lowest BCUT2D eigenvalue weighted by molar-refractivity contribution is 0.301. The summed E-state index contributed by atoms with van der Waals surface area (Å²) in [7, 11) is 0. The minimum absolute atomic E-state index is 0.171. The van der Waals surface area contributed by atoms with Gasteiger partial charge >= 0.3 is 0 Å². The number of nitrogens with one attached hydrogen (secondary N) is 2. The summed E-state index contributed by atoms with van der Waals surface area (Å²) in [5.74, 6) is 1.88. The van der Waals surface area contributed by atoms with E-state index in [1.165, 1.54) is 5.56 Å². The Labute approximate surface area is 137 Å². The van der Waals surface area contributed by atoms with Gasteiger partial charge in [0, 0.05) is 18.5 Å². The Bertz CT molecular complexity index is 659. The van der Waals surface area contributed by atoms with Gasteiger partial charge in [-0.2, -0.15) is 0 Å². The smallest absolute Gasteiger partial charge is 0.133 e. The van der Waals surface area contributed by atoms with E-state index in [0.29, 0.717) is 6.61 Å². The lowest BCUT2D eigenvalue weighted by Gasteiger charge is -2.19. The van der Waals surface area contributed by atoms with E-state index < -0.39 is 0 Å². The summed E-state index contributed by atoms with van der Waals surface area (Å²) in [6, 6.07) is 8.26. The summed E-state index contributed by atoms with van der Waals surface area (Å²) in [5, 5.41) is 6.89. The van der Waals surface area contributed by atoms with Crippen LogP contribution in [0.1, 0.15) is 23.7 Å². The highest BCUT2D eigenvalue weighted by molar-refractivity contribution is 5.47. The van der Waals surface area contributed by atoms with Crippen molar-refractivity contribution in [2.24, 2.45) is 0 Å². The number of hydrogen-bond donors (Lipinski definition) is 2. The number of aryl methyl sites for hydroxylation is 1. The Balaban J connectivity index is 1.64. The molecule has 0 spiro atoms. The Morgan fingerprint density at radius 2 is 2.04 bits per heavy atom. The van der Waals surface area contributed by atoms with Crippen LogP contribution in [0.15, 0.2) is 30.6 Å². The van der Waals surface area contributed by atoms with Gasteiger partial charge in [0.05, 0.1) is 11.7 Å². The molecule has 0 saturated carbocycles. The quantitative estimate of drug-likeness (QED) is 0.887. The molecule has 5 nitrogen and oxygen atoms in total. The van der Waals surface area contributed by atoms with Crippen molar-refractivity contribution in [2.45, 2.75) is 32.7 Å². The van der Waals surface area contributed by atoms with Crippen molar-refractivity contribution in [3.8, 4) is 5.75 Å². The number of hydrogen-bond acceptors (Lipinski definition) is 5. The number of aromatic nitrogens is 2. The van der Waals surface area contributed by atoms with Crippen LogP contribution in [0.3, 0.4) is 0 Å². The van der Waals surface area contributed by atoms with Crippen molar-refractivity contribution >= 4 is 5.82 Å². The lowest BCUT2D eigenvalue weighted by atomic mass is 10.1. The van der Waals surface area contributed by atoms with Gasteiger partial charge in [-0.15, -0.1) is 0 Å². The van der Waals surface area contributed by atoms with E-state index >= 15 is 0 Å². The molecule has 0 amide bonds. The molecule has 2 aromatic rings. The van der Waals surface area contributed by atoms with E-state index in [2.05, 4.69) is 40.5 Å². The molecule has 1 aliphatic rings. The molecule has 1 aromatic carbocycles. The van der Waals surface area contributed by atoms with Crippen LogP contribution in [0.2, 0.25) is 0 Å². The van der Waals surface area contributed by atoms with Crippen molar-refractivity contribution in [1.29, 1.82) is 0 Å². The number of fused-ring (bicyclic) bond motifs is 1. The van der Waals surface area contributed by atoms with Crippen molar-refractivity contribution in [3.05, 3.63) is 47.4 Å². The monoisotopic (exact) mass is 312 g/mol. The fraction of sp³-hybridized carbons (Fsp3) is 0.444. The van der Waals surface area contributed by atoms with Crippen LogP contribution in [-0.2, 0) is 12.8 Å². The second-order valence-corrected chi connectivity index (χ2v) is 6.02. The van der Waals surface area contributed by atoms with Gasteiger partial charge in [-0.25, -0.2) is 9.97 Å². The van der Waals surface area contributed by atoms with Crippen LogP contribution in [0.25, 0.3) is 0 Å². The SMILES string of the molecule is Cc1ccccc1OC[C@@H](C)Nc1ncnc2c1CCNCC2. The van der Waals surface area contributed by atoms with Crippen LogP contribution in [0.5, 0.6) is 5.75 Å². The largest absolute Gasteiger partial charge is 0.491 e. The summed E-state index contributed by atoms with van der Waals surface area (Å²) in [6.45, 7) is 6.73. The fourth-order valence-electron chi connectivity index (χ4n) is 2.80. The topological polar surface area (TPSA) is 59.1 Å². The summed E-state index contributed by atoms with van der Waals surface area (Å²) in [6.07, 6.45) is 3.58. The van der Waals surface area contributed by atoms with Gasteiger partial charge < -0.3 is 15.4 Å². The van der Waals surface area contributed by atoms with Gasteiger partial charge in [0.15, 0.2) is 0 Å². The van der Waals surface area contributed by atoms with Gasteiger partial charge in [-0.1, -0.05) is 18.2 Å². The Hall–Kier alpha value is -2.14. The van der Waals surface area contributed by atoms with Crippen molar-refractivity contribution in [3.63, 3.8) is 0 Å². The second kappa shape index (κ2) is 7.42. The third-order valence-corrected chi connectivity index (χ3v) is 4.09. The second-order valence-electron chi connectivity index (χ2n) is 6.02. The van der Waals surface area contributed by atoms with Crippen LogP contribution >= 0.6 is 0 Å². The first-order valence-electron chi connectivity index (χ1n) is 8.22. The summed E-state index contributed by atoms with van der Waals surface area (Å²) in [4.78, 5) is 8.87. The maximum absolute atomic E-state index is 5.92. The first-order chi connectivity index (χ1) is 11.2. The number of anilines is 1. The number of benzene rings is 1. The molecule has 0 aliphatic carbocycles. The molecule has 0 bridgehead atoms. The van der Waals surface area contributed by atoms with Gasteiger partial charge in [0.25, 0.3) is 0 Å². The van der Waals surface area contributed by atoms with Crippen LogP contribution in [-0.4, -0.2) is 35.7 Å². The van der Waals surface area contributed by atoms with E-state index in [9.17, 15) is 0 Å². The number of ether oxygens (including phenoxy) is 1. The Kier molecular flexibility index (Phi) is 5.08. The lowest BCUT2D eigenvalue weighted by Crippen LogP contribution is -2.25. The maximum atomic E-state index is 5.92. The molecule has 1 atom stereocenters.